The number of aliphatic hydroxyl groups is 1. The standard InChI is InChI=1S/C22H35F3N4O2/c1-4-26-21(27-11-20(30)15-31-14-16(2)3)28-19-9-10-29(13-19)12-17-5-7-18(8-6-17)22(23,24)25/h5-8,16,19-20,30H,4,9-15H2,1-3H3,(H2,26,27,28). The van der Waals surface area contributed by atoms with Gasteiger partial charge in [-0.05, 0) is 37.0 Å². The Labute approximate surface area is 182 Å². The highest BCUT2D eigenvalue weighted by Gasteiger charge is 2.30. The van der Waals surface area contributed by atoms with Crippen molar-refractivity contribution in [1.82, 2.24) is 15.5 Å². The van der Waals surface area contributed by atoms with Crippen LogP contribution in [-0.4, -0.2) is 67.5 Å². The van der Waals surface area contributed by atoms with E-state index in [-0.39, 0.29) is 19.2 Å². The van der Waals surface area contributed by atoms with E-state index in [2.05, 4.69) is 34.4 Å². The third-order valence-corrected chi connectivity index (χ3v) is 4.87. The van der Waals surface area contributed by atoms with Crippen molar-refractivity contribution in [2.45, 2.75) is 52.1 Å². The van der Waals surface area contributed by atoms with Crippen LogP contribution < -0.4 is 10.6 Å². The molecule has 2 unspecified atom stereocenters. The van der Waals surface area contributed by atoms with Crippen LogP contribution in [0.5, 0.6) is 0 Å². The summed E-state index contributed by atoms with van der Waals surface area (Å²) in [7, 11) is 0. The highest BCUT2D eigenvalue weighted by atomic mass is 19.4. The first-order valence-electron chi connectivity index (χ1n) is 10.9. The molecule has 0 amide bonds. The monoisotopic (exact) mass is 444 g/mol. The molecule has 6 nitrogen and oxygen atoms in total. The van der Waals surface area contributed by atoms with E-state index in [1.54, 1.807) is 0 Å². The second-order valence-electron chi connectivity index (χ2n) is 8.36. The van der Waals surface area contributed by atoms with E-state index in [1.807, 2.05) is 6.92 Å². The zero-order chi connectivity index (χ0) is 22.9. The molecular weight excluding hydrogens is 409 g/mol. The van der Waals surface area contributed by atoms with Gasteiger partial charge in [0, 0.05) is 38.8 Å². The molecule has 0 bridgehead atoms. The fourth-order valence-corrected chi connectivity index (χ4v) is 3.35. The molecule has 2 atom stereocenters. The van der Waals surface area contributed by atoms with Crippen molar-refractivity contribution in [3.8, 4) is 0 Å². The minimum atomic E-state index is -4.31. The summed E-state index contributed by atoms with van der Waals surface area (Å²) in [6.07, 6.45) is -4.06. The largest absolute Gasteiger partial charge is 0.416 e. The summed E-state index contributed by atoms with van der Waals surface area (Å²) in [5.41, 5.74) is 0.235. The van der Waals surface area contributed by atoms with Gasteiger partial charge in [0.15, 0.2) is 5.96 Å². The molecule has 0 aliphatic carbocycles. The van der Waals surface area contributed by atoms with E-state index in [1.165, 1.54) is 12.1 Å². The molecule has 1 aliphatic rings. The molecule has 0 radical (unpaired) electrons. The summed E-state index contributed by atoms with van der Waals surface area (Å²) in [5.74, 6) is 1.06. The van der Waals surface area contributed by atoms with Gasteiger partial charge in [0.25, 0.3) is 0 Å². The zero-order valence-electron chi connectivity index (χ0n) is 18.6. The molecule has 1 aliphatic heterocycles. The van der Waals surface area contributed by atoms with Gasteiger partial charge in [-0.2, -0.15) is 13.2 Å². The van der Waals surface area contributed by atoms with Gasteiger partial charge in [-0.1, -0.05) is 26.0 Å². The molecule has 1 saturated heterocycles. The second-order valence-corrected chi connectivity index (χ2v) is 8.36. The Morgan fingerprint density at radius 1 is 1.26 bits per heavy atom. The first kappa shape index (κ1) is 25.4. The lowest BCUT2D eigenvalue weighted by molar-refractivity contribution is -0.137. The van der Waals surface area contributed by atoms with Crippen LogP contribution in [0.3, 0.4) is 0 Å². The van der Waals surface area contributed by atoms with Crippen LogP contribution >= 0.6 is 0 Å². The Bertz CT molecular complexity index is 680. The molecule has 1 heterocycles. The maximum Gasteiger partial charge on any atom is 0.416 e. The second kappa shape index (κ2) is 12.3. The molecule has 31 heavy (non-hydrogen) atoms. The number of rotatable bonds is 10. The van der Waals surface area contributed by atoms with Crippen molar-refractivity contribution in [3.63, 3.8) is 0 Å². The lowest BCUT2D eigenvalue weighted by Gasteiger charge is -2.19. The van der Waals surface area contributed by atoms with Crippen LogP contribution in [0.25, 0.3) is 0 Å². The van der Waals surface area contributed by atoms with Crippen molar-refractivity contribution in [3.05, 3.63) is 35.4 Å². The van der Waals surface area contributed by atoms with Crippen molar-refractivity contribution in [2.24, 2.45) is 10.9 Å². The summed E-state index contributed by atoms with van der Waals surface area (Å²) in [6.45, 7) is 10.1. The Morgan fingerprint density at radius 2 is 1.97 bits per heavy atom. The van der Waals surface area contributed by atoms with Crippen molar-refractivity contribution >= 4 is 5.96 Å². The van der Waals surface area contributed by atoms with Gasteiger partial charge >= 0.3 is 6.18 Å². The van der Waals surface area contributed by atoms with E-state index in [0.717, 1.165) is 37.2 Å². The predicted octanol–water partition coefficient (Wildman–Crippen LogP) is 2.87. The highest BCUT2D eigenvalue weighted by Crippen LogP contribution is 2.29. The highest BCUT2D eigenvalue weighted by molar-refractivity contribution is 5.80. The summed E-state index contributed by atoms with van der Waals surface area (Å²) >= 11 is 0. The fraction of sp³-hybridized carbons (Fsp3) is 0.682. The van der Waals surface area contributed by atoms with Gasteiger partial charge in [-0.25, -0.2) is 0 Å². The number of ether oxygens (including phenoxy) is 1. The number of benzene rings is 1. The number of nitrogens with one attached hydrogen (secondary N) is 2. The number of alkyl halides is 3. The summed E-state index contributed by atoms with van der Waals surface area (Å²) in [5, 5.41) is 16.6. The number of aliphatic hydroxyl groups excluding tert-OH is 1. The number of guanidine groups is 1. The van der Waals surface area contributed by atoms with Crippen LogP contribution in [0.4, 0.5) is 13.2 Å². The molecule has 1 aromatic rings. The molecule has 0 spiro atoms. The van der Waals surface area contributed by atoms with E-state index in [4.69, 9.17) is 4.74 Å². The van der Waals surface area contributed by atoms with Crippen LogP contribution in [0.1, 0.15) is 38.3 Å². The van der Waals surface area contributed by atoms with Crippen LogP contribution in [0.15, 0.2) is 29.3 Å². The summed E-state index contributed by atoms with van der Waals surface area (Å²) in [6, 6.07) is 5.53. The smallest absolute Gasteiger partial charge is 0.389 e. The lowest BCUT2D eigenvalue weighted by Crippen LogP contribution is -2.45. The van der Waals surface area contributed by atoms with E-state index < -0.39 is 17.8 Å². The molecule has 176 valence electrons. The van der Waals surface area contributed by atoms with Gasteiger partial charge < -0.3 is 20.5 Å². The Kier molecular flexibility index (Phi) is 10.1. The van der Waals surface area contributed by atoms with Gasteiger partial charge in [0.1, 0.15) is 0 Å². The molecule has 0 saturated carbocycles. The van der Waals surface area contributed by atoms with Crippen LogP contribution in [0.2, 0.25) is 0 Å². The van der Waals surface area contributed by atoms with Gasteiger partial charge in [-0.15, -0.1) is 0 Å². The average molecular weight is 445 g/mol. The van der Waals surface area contributed by atoms with E-state index >= 15 is 0 Å². The number of likely N-dealkylation sites (tertiary alicyclic amines) is 1. The minimum Gasteiger partial charge on any atom is -0.389 e. The topological polar surface area (TPSA) is 69.1 Å². The molecule has 1 aromatic carbocycles. The fourth-order valence-electron chi connectivity index (χ4n) is 3.35. The number of hydrogen-bond acceptors (Lipinski definition) is 4. The molecular formula is C22H35F3N4O2. The van der Waals surface area contributed by atoms with Gasteiger partial charge in [0.05, 0.1) is 24.8 Å². The van der Waals surface area contributed by atoms with Crippen LogP contribution in [0, 0.1) is 5.92 Å². The van der Waals surface area contributed by atoms with Gasteiger partial charge in [0.2, 0.25) is 0 Å². The Balaban J connectivity index is 1.80. The van der Waals surface area contributed by atoms with E-state index in [9.17, 15) is 18.3 Å². The first-order valence-corrected chi connectivity index (χ1v) is 10.9. The average Bonchev–Trinajstić information content (AvgIpc) is 3.12. The van der Waals surface area contributed by atoms with Crippen LogP contribution in [-0.2, 0) is 17.5 Å². The number of aliphatic imine (C=N–C) groups is 1. The lowest BCUT2D eigenvalue weighted by atomic mass is 10.1. The number of halogens is 3. The quantitative estimate of drug-likeness (QED) is 0.383. The maximum absolute atomic E-state index is 12.7. The predicted molar refractivity (Wildman–Crippen MR) is 116 cm³/mol. The third-order valence-electron chi connectivity index (χ3n) is 4.87. The van der Waals surface area contributed by atoms with E-state index in [0.29, 0.717) is 31.6 Å². The first-order chi connectivity index (χ1) is 14.7. The zero-order valence-corrected chi connectivity index (χ0v) is 18.6. The molecule has 1 fully saturated rings. The van der Waals surface area contributed by atoms with Crippen molar-refractivity contribution in [2.75, 3.05) is 39.4 Å². The van der Waals surface area contributed by atoms with Gasteiger partial charge in [-0.3, -0.25) is 9.89 Å². The van der Waals surface area contributed by atoms with Crippen molar-refractivity contribution < 1.29 is 23.0 Å². The third kappa shape index (κ3) is 9.45. The SMILES string of the molecule is CCNC(=NCC(O)COCC(C)C)NC1CCN(Cc2ccc(C(F)(F)F)cc2)C1. The molecule has 9 heteroatoms. The summed E-state index contributed by atoms with van der Waals surface area (Å²) in [4.78, 5) is 6.66. The summed E-state index contributed by atoms with van der Waals surface area (Å²) < 4.78 is 43.6. The Hall–Kier alpha value is -1.84. The normalized spacial score (nSPS) is 19.1. The minimum absolute atomic E-state index is 0.182. The molecule has 3 N–H and O–H groups in total. The molecule has 2 rings (SSSR count). The molecule has 0 aromatic heterocycles. The Morgan fingerprint density at radius 3 is 2.58 bits per heavy atom. The number of hydrogen-bond donors (Lipinski definition) is 3. The van der Waals surface area contributed by atoms with Crippen molar-refractivity contribution in [1.29, 1.82) is 0 Å². The maximum atomic E-state index is 12.7. The number of nitrogens with zero attached hydrogens (tertiary/aromatic N) is 2.